The van der Waals surface area contributed by atoms with Gasteiger partial charge in [0.15, 0.2) is 0 Å². The first-order valence-corrected chi connectivity index (χ1v) is 4.28. The predicted molar refractivity (Wildman–Crippen MR) is 45.2 cm³/mol. The number of carbonyl (C=O) groups excluding carboxylic acids is 1. The van der Waals surface area contributed by atoms with Gasteiger partial charge in [0.2, 0.25) is 5.91 Å². The molecule has 1 fully saturated rings. The smallest absolute Gasteiger partial charge is 0.220 e. The molecule has 2 nitrogen and oxygen atoms in total. The molecular weight excluding hydrogens is 138 g/mol. The van der Waals surface area contributed by atoms with Gasteiger partial charge < -0.3 is 5.32 Å². The molecule has 1 unspecified atom stereocenters. The lowest BCUT2D eigenvalue weighted by atomic mass is 9.81. The van der Waals surface area contributed by atoms with E-state index in [9.17, 15) is 4.79 Å². The number of hydrogen-bond donors (Lipinski definition) is 1. The molecule has 0 bridgehead atoms. The number of nitrogens with one attached hydrogen (secondary N) is 1. The average molecular weight is 155 g/mol. The zero-order valence-corrected chi connectivity index (χ0v) is 7.61. The van der Waals surface area contributed by atoms with E-state index in [1.54, 1.807) is 0 Å². The average Bonchev–Trinajstić information content (AvgIpc) is 2.08. The second kappa shape index (κ2) is 2.84. The maximum absolute atomic E-state index is 10.9. The number of carbonyl (C=O) groups is 1. The van der Waals surface area contributed by atoms with Crippen LogP contribution in [0.1, 0.15) is 33.6 Å². The molecule has 11 heavy (non-hydrogen) atoms. The van der Waals surface area contributed by atoms with Crippen LogP contribution in [-0.2, 0) is 4.79 Å². The predicted octanol–water partition coefficient (Wildman–Crippen LogP) is 1.56. The van der Waals surface area contributed by atoms with Crippen LogP contribution in [0.5, 0.6) is 0 Å². The van der Waals surface area contributed by atoms with E-state index in [0.717, 1.165) is 13.0 Å². The lowest BCUT2D eigenvalue weighted by Gasteiger charge is -2.23. The Kier molecular flexibility index (Phi) is 2.21. The van der Waals surface area contributed by atoms with Gasteiger partial charge in [0.25, 0.3) is 0 Å². The Morgan fingerprint density at radius 2 is 2.27 bits per heavy atom. The van der Waals surface area contributed by atoms with Crippen molar-refractivity contribution in [3.05, 3.63) is 0 Å². The first-order chi connectivity index (χ1) is 5.02. The van der Waals surface area contributed by atoms with Crippen LogP contribution in [0.3, 0.4) is 0 Å². The van der Waals surface area contributed by atoms with Crippen molar-refractivity contribution in [3.8, 4) is 0 Å². The first-order valence-electron chi connectivity index (χ1n) is 4.28. The van der Waals surface area contributed by atoms with E-state index >= 15 is 0 Å². The molecule has 1 aliphatic heterocycles. The van der Waals surface area contributed by atoms with E-state index in [4.69, 9.17) is 0 Å². The highest BCUT2D eigenvalue weighted by molar-refractivity contribution is 5.79. The first kappa shape index (κ1) is 8.57. The Hall–Kier alpha value is -0.530. The summed E-state index contributed by atoms with van der Waals surface area (Å²) in [6.45, 7) is 7.46. The molecule has 1 N–H and O–H groups in total. The molecule has 1 amide bonds. The molecule has 0 aliphatic carbocycles. The second-order valence-electron chi connectivity index (χ2n) is 4.36. The van der Waals surface area contributed by atoms with Crippen molar-refractivity contribution < 1.29 is 4.79 Å². The van der Waals surface area contributed by atoms with Gasteiger partial charge >= 0.3 is 0 Å². The molecule has 0 radical (unpaired) electrons. The van der Waals surface area contributed by atoms with E-state index in [2.05, 4.69) is 26.1 Å². The molecular formula is C9H17NO. The molecule has 1 atom stereocenters. The fraction of sp³-hybridized carbons (Fsp3) is 0.889. The van der Waals surface area contributed by atoms with Gasteiger partial charge in [0.05, 0.1) is 0 Å². The van der Waals surface area contributed by atoms with Crippen LogP contribution in [0, 0.1) is 11.3 Å². The molecule has 1 saturated heterocycles. The monoisotopic (exact) mass is 155 g/mol. The number of amides is 1. The fourth-order valence-corrected chi connectivity index (χ4v) is 1.95. The highest BCUT2D eigenvalue weighted by atomic mass is 16.1. The third-order valence-corrected chi connectivity index (χ3v) is 2.20. The minimum absolute atomic E-state index is 0.216. The van der Waals surface area contributed by atoms with Crippen LogP contribution in [0.15, 0.2) is 0 Å². The Morgan fingerprint density at radius 3 is 2.64 bits per heavy atom. The number of hydrogen-bond acceptors (Lipinski definition) is 1. The summed E-state index contributed by atoms with van der Waals surface area (Å²) in [6.07, 6.45) is 1.86. The third-order valence-electron chi connectivity index (χ3n) is 2.20. The molecule has 1 heterocycles. The Labute approximate surface area is 68.4 Å². The van der Waals surface area contributed by atoms with Crippen molar-refractivity contribution in [2.24, 2.45) is 11.3 Å². The largest absolute Gasteiger partial charge is 0.356 e. The molecule has 1 aliphatic rings. The molecule has 0 spiro atoms. The quantitative estimate of drug-likeness (QED) is 0.644. The van der Waals surface area contributed by atoms with Crippen LogP contribution in [0.4, 0.5) is 0 Å². The van der Waals surface area contributed by atoms with Crippen LogP contribution >= 0.6 is 0 Å². The summed E-state index contributed by atoms with van der Waals surface area (Å²) < 4.78 is 0. The SMILES string of the molecule is CC(C)CC1(C)CNC(=O)C1. The van der Waals surface area contributed by atoms with Gasteiger partial charge in [-0.15, -0.1) is 0 Å². The van der Waals surface area contributed by atoms with Crippen LogP contribution in [0.2, 0.25) is 0 Å². The summed E-state index contributed by atoms with van der Waals surface area (Å²) in [5.74, 6) is 0.904. The van der Waals surface area contributed by atoms with Gasteiger partial charge in [-0.1, -0.05) is 20.8 Å². The summed E-state index contributed by atoms with van der Waals surface area (Å²) in [7, 11) is 0. The summed E-state index contributed by atoms with van der Waals surface area (Å²) >= 11 is 0. The lowest BCUT2D eigenvalue weighted by Crippen LogP contribution is -2.22. The fourth-order valence-electron chi connectivity index (χ4n) is 1.95. The van der Waals surface area contributed by atoms with Gasteiger partial charge in [0, 0.05) is 13.0 Å². The Balaban J connectivity index is 2.48. The maximum Gasteiger partial charge on any atom is 0.220 e. The Morgan fingerprint density at radius 1 is 1.64 bits per heavy atom. The van der Waals surface area contributed by atoms with E-state index < -0.39 is 0 Å². The van der Waals surface area contributed by atoms with Crippen LogP contribution < -0.4 is 5.32 Å². The van der Waals surface area contributed by atoms with E-state index in [1.165, 1.54) is 0 Å². The molecule has 0 aromatic rings. The minimum Gasteiger partial charge on any atom is -0.356 e. The summed E-state index contributed by atoms with van der Waals surface area (Å²) in [5, 5.41) is 2.88. The molecule has 0 saturated carbocycles. The lowest BCUT2D eigenvalue weighted by molar-refractivity contribution is -0.119. The molecule has 2 heteroatoms. The standard InChI is InChI=1S/C9H17NO/c1-7(2)4-9(3)5-8(11)10-6-9/h7H,4-6H2,1-3H3,(H,10,11). The van der Waals surface area contributed by atoms with E-state index in [1.807, 2.05) is 0 Å². The highest BCUT2D eigenvalue weighted by Gasteiger charge is 2.33. The molecule has 0 aromatic carbocycles. The van der Waals surface area contributed by atoms with Crippen molar-refractivity contribution in [1.29, 1.82) is 0 Å². The van der Waals surface area contributed by atoms with Gasteiger partial charge in [-0.05, 0) is 17.8 Å². The van der Waals surface area contributed by atoms with Gasteiger partial charge in [0.1, 0.15) is 0 Å². The highest BCUT2D eigenvalue weighted by Crippen LogP contribution is 2.32. The van der Waals surface area contributed by atoms with Crippen LogP contribution in [-0.4, -0.2) is 12.5 Å². The van der Waals surface area contributed by atoms with E-state index in [0.29, 0.717) is 12.3 Å². The minimum atomic E-state index is 0.216. The topological polar surface area (TPSA) is 29.1 Å². The maximum atomic E-state index is 10.9. The van der Waals surface area contributed by atoms with Crippen molar-refractivity contribution in [2.45, 2.75) is 33.6 Å². The van der Waals surface area contributed by atoms with Crippen molar-refractivity contribution in [3.63, 3.8) is 0 Å². The second-order valence-corrected chi connectivity index (χ2v) is 4.36. The van der Waals surface area contributed by atoms with Gasteiger partial charge in [-0.25, -0.2) is 0 Å². The summed E-state index contributed by atoms with van der Waals surface area (Å²) in [5.41, 5.74) is 0.227. The van der Waals surface area contributed by atoms with Crippen molar-refractivity contribution >= 4 is 5.91 Å². The summed E-state index contributed by atoms with van der Waals surface area (Å²) in [6, 6.07) is 0. The normalized spacial score (nSPS) is 31.1. The Bertz CT molecular complexity index is 165. The molecule has 64 valence electrons. The number of rotatable bonds is 2. The van der Waals surface area contributed by atoms with Crippen molar-refractivity contribution in [2.75, 3.05) is 6.54 Å². The van der Waals surface area contributed by atoms with Crippen molar-refractivity contribution in [1.82, 2.24) is 5.32 Å². The van der Waals surface area contributed by atoms with Gasteiger partial charge in [-0.2, -0.15) is 0 Å². The van der Waals surface area contributed by atoms with Crippen LogP contribution in [0.25, 0.3) is 0 Å². The molecule has 1 rings (SSSR count). The molecule has 0 aromatic heterocycles. The zero-order chi connectivity index (χ0) is 8.48. The van der Waals surface area contributed by atoms with E-state index in [-0.39, 0.29) is 11.3 Å². The third kappa shape index (κ3) is 2.21. The zero-order valence-electron chi connectivity index (χ0n) is 7.61. The summed E-state index contributed by atoms with van der Waals surface area (Å²) in [4.78, 5) is 10.9. The van der Waals surface area contributed by atoms with Gasteiger partial charge in [-0.3, -0.25) is 4.79 Å².